The summed E-state index contributed by atoms with van der Waals surface area (Å²) in [5, 5.41) is 3.96. The Balaban J connectivity index is 1.49. The zero-order chi connectivity index (χ0) is 18.1. The van der Waals surface area contributed by atoms with Crippen LogP contribution in [0.5, 0.6) is 0 Å². The summed E-state index contributed by atoms with van der Waals surface area (Å²) in [6.07, 6.45) is 0.613. The summed E-state index contributed by atoms with van der Waals surface area (Å²) < 4.78 is 31.8. The molecular formula is C18H18F2N4O2. The van der Waals surface area contributed by atoms with Gasteiger partial charge in [0.1, 0.15) is 17.8 Å². The van der Waals surface area contributed by atoms with Crippen LogP contribution in [0.4, 0.5) is 8.78 Å². The molecule has 4 rings (SSSR count). The minimum absolute atomic E-state index is 0.0169. The highest BCUT2D eigenvalue weighted by Crippen LogP contribution is 2.29. The van der Waals surface area contributed by atoms with Gasteiger partial charge >= 0.3 is 0 Å². The third-order valence-electron chi connectivity index (χ3n) is 4.55. The maximum absolute atomic E-state index is 12.7. The summed E-state index contributed by atoms with van der Waals surface area (Å²) in [7, 11) is 0. The standard InChI is InChI=1S/C18H18F2N4O2/c19-16(20)11-24-9-7-14(22-24)18(25)23-8-3-4-12(10-23)17-21-13-5-1-2-6-15(13)26-17/h1-2,5-7,9,12,16H,3-4,8,10-11H2. The highest BCUT2D eigenvalue weighted by atomic mass is 19.3. The number of carbonyl (C=O) groups excluding carboxylic acids is 1. The molecule has 0 bridgehead atoms. The molecule has 1 saturated heterocycles. The molecule has 26 heavy (non-hydrogen) atoms. The van der Waals surface area contributed by atoms with Gasteiger partial charge in [0.25, 0.3) is 12.3 Å². The normalized spacial score (nSPS) is 18.0. The number of piperidine rings is 1. The van der Waals surface area contributed by atoms with Gasteiger partial charge in [-0.2, -0.15) is 5.10 Å². The smallest absolute Gasteiger partial charge is 0.274 e. The van der Waals surface area contributed by atoms with Gasteiger partial charge in [0, 0.05) is 19.3 Å². The molecule has 3 heterocycles. The molecule has 8 heteroatoms. The summed E-state index contributed by atoms with van der Waals surface area (Å²) in [5.41, 5.74) is 1.72. The molecule has 0 aliphatic carbocycles. The number of nitrogens with zero attached hydrogens (tertiary/aromatic N) is 4. The van der Waals surface area contributed by atoms with Gasteiger partial charge < -0.3 is 9.32 Å². The Bertz CT molecular complexity index is 888. The fourth-order valence-electron chi connectivity index (χ4n) is 3.31. The Kier molecular flexibility index (Phi) is 4.40. The van der Waals surface area contributed by atoms with Gasteiger partial charge in [0.05, 0.1) is 5.92 Å². The van der Waals surface area contributed by atoms with Crippen LogP contribution in [0, 0.1) is 0 Å². The maximum atomic E-state index is 12.7. The molecule has 136 valence electrons. The number of alkyl halides is 2. The monoisotopic (exact) mass is 360 g/mol. The lowest BCUT2D eigenvalue weighted by Crippen LogP contribution is -2.39. The highest BCUT2D eigenvalue weighted by molar-refractivity contribution is 5.92. The summed E-state index contributed by atoms with van der Waals surface area (Å²) in [5.74, 6) is 0.397. The summed E-state index contributed by atoms with van der Waals surface area (Å²) in [6, 6.07) is 9.04. The zero-order valence-electron chi connectivity index (χ0n) is 14.0. The second-order valence-corrected chi connectivity index (χ2v) is 6.42. The molecule has 1 unspecified atom stereocenters. The fraction of sp³-hybridized carbons (Fsp3) is 0.389. The van der Waals surface area contributed by atoms with E-state index in [0.717, 1.165) is 28.6 Å². The van der Waals surface area contributed by atoms with E-state index in [1.807, 2.05) is 24.3 Å². The SMILES string of the molecule is O=C(c1ccn(CC(F)F)n1)N1CCCC(c2nc3ccccc3o2)C1. The molecule has 2 aromatic heterocycles. The number of rotatable bonds is 4. The number of aromatic nitrogens is 3. The van der Waals surface area contributed by atoms with Crippen molar-refractivity contribution in [2.24, 2.45) is 0 Å². The highest BCUT2D eigenvalue weighted by Gasteiger charge is 2.29. The molecule has 0 spiro atoms. The number of amides is 1. The zero-order valence-corrected chi connectivity index (χ0v) is 14.0. The number of halogens is 2. The lowest BCUT2D eigenvalue weighted by Gasteiger charge is -2.30. The second kappa shape index (κ2) is 6.86. The van der Waals surface area contributed by atoms with Crippen LogP contribution in [0.3, 0.4) is 0 Å². The van der Waals surface area contributed by atoms with E-state index in [2.05, 4.69) is 10.1 Å². The Morgan fingerprint density at radius 2 is 2.15 bits per heavy atom. The van der Waals surface area contributed by atoms with Crippen LogP contribution in [0.25, 0.3) is 11.1 Å². The largest absolute Gasteiger partial charge is 0.440 e. The van der Waals surface area contributed by atoms with E-state index in [4.69, 9.17) is 4.42 Å². The van der Waals surface area contributed by atoms with Crippen molar-refractivity contribution in [1.29, 1.82) is 0 Å². The molecule has 1 fully saturated rings. The van der Waals surface area contributed by atoms with E-state index in [0.29, 0.717) is 19.0 Å². The number of oxazole rings is 1. The lowest BCUT2D eigenvalue weighted by molar-refractivity contribution is 0.0689. The van der Waals surface area contributed by atoms with Crippen LogP contribution in [-0.4, -0.2) is 45.1 Å². The van der Waals surface area contributed by atoms with Crippen molar-refractivity contribution in [2.45, 2.75) is 31.7 Å². The average molecular weight is 360 g/mol. The van der Waals surface area contributed by atoms with Crippen LogP contribution in [-0.2, 0) is 6.54 Å². The van der Waals surface area contributed by atoms with Gasteiger partial charge in [0.2, 0.25) is 0 Å². The van der Waals surface area contributed by atoms with Gasteiger partial charge in [-0.3, -0.25) is 9.48 Å². The molecule has 1 amide bonds. The first kappa shape index (κ1) is 16.7. The third kappa shape index (κ3) is 3.31. The van der Waals surface area contributed by atoms with Crippen molar-refractivity contribution < 1.29 is 18.0 Å². The van der Waals surface area contributed by atoms with E-state index in [1.165, 1.54) is 12.3 Å². The number of likely N-dealkylation sites (tertiary alicyclic amines) is 1. The van der Waals surface area contributed by atoms with E-state index in [9.17, 15) is 13.6 Å². The summed E-state index contributed by atoms with van der Waals surface area (Å²) in [4.78, 5) is 18.9. The van der Waals surface area contributed by atoms with Crippen LogP contribution in [0.2, 0.25) is 0 Å². The van der Waals surface area contributed by atoms with Gasteiger partial charge in [-0.05, 0) is 31.0 Å². The summed E-state index contributed by atoms with van der Waals surface area (Å²) in [6.45, 7) is 0.573. The van der Waals surface area contributed by atoms with Crippen molar-refractivity contribution in [3.05, 3.63) is 48.1 Å². The third-order valence-corrected chi connectivity index (χ3v) is 4.55. The van der Waals surface area contributed by atoms with Gasteiger partial charge in [0.15, 0.2) is 11.5 Å². The molecule has 0 N–H and O–H groups in total. The Morgan fingerprint density at radius 1 is 1.31 bits per heavy atom. The molecule has 1 atom stereocenters. The van der Waals surface area contributed by atoms with Crippen molar-refractivity contribution in [2.75, 3.05) is 13.1 Å². The topological polar surface area (TPSA) is 64.2 Å². The number of hydrogen-bond donors (Lipinski definition) is 0. The quantitative estimate of drug-likeness (QED) is 0.716. The average Bonchev–Trinajstić information content (AvgIpc) is 3.27. The molecular weight excluding hydrogens is 342 g/mol. The number of fused-ring (bicyclic) bond motifs is 1. The van der Waals surface area contributed by atoms with Crippen LogP contribution >= 0.6 is 0 Å². The van der Waals surface area contributed by atoms with E-state index >= 15 is 0 Å². The van der Waals surface area contributed by atoms with Crippen molar-refractivity contribution in [3.63, 3.8) is 0 Å². The fourth-order valence-corrected chi connectivity index (χ4v) is 3.31. The van der Waals surface area contributed by atoms with Gasteiger partial charge in [-0.1, -0.05) is 12.1 Å². The van der Waals surface area contributed by atoms with Gasteiger partial charge in [-0.15, -0.1) is 0 Å². The molecule has 0 saturated carbocycles. The predicted molar refractivity (Wildman–Crippen MR) is 90.1 cm³/mol. The minimum atomic E-state index is -2.50. The van der Waals surface area contributed by atoms with Crippen molar-refractivity contribution >= 4 is 17.0 Å². The van der Waals surface area contributed by atoms with Crippen LogP contribution in [0.1, 0.15) is 35.1 Å². The van der Waals surface area contributed by atoms with Crippen LogP contribution < -0.4 is 0 Å². The number of carbonyl (C=O) groups is 1. The predicted octanol–water partition coefficient (Wildman–Crippen LogP) is 3.31. The molecule has 1 aliphatic heterocycles. The number of para-hydroxylation sites is 2. The Hall–Kier alpha value is -2.77. The van der Waals surface area contributed by atoms with E-state index < -0.39 is 13.0 Å². The molecule has 0 radical (unpaired) electrons. The maximum Gasteiger partial charge on any atom is 0.274 e. The number of hydrogen-bond acceptors (Lipinski definition) is 4. The molecule has 1 aliphatic rings. The Morgan fingerprint density at radius 3 is 2.96 bits per heavy atom. The second-order valence-electron chi connectivity index (χ2n) is 6.42. The molecule has 6 nitrogen and oxygen atoms in total. The first-order valence-electron chi connectivity index (χ1n) is 8.56. The first-order valence-corrected chi connectivity index (χ1v) is 8.56. The molecule has 1 aromatic carbocycles. The first-order chi connectivity index (χ1) is 12.6. The Labute approximate surface area is 148 Å². The minimum Gasteiger partial charge on any atom is -0.440 e. The van der Waals surface area contributed by atoms with Gasteiger partial charge in [-0.25, -0.2) is 13.8 Å². The van der Waals surface area contributed by atoms with E-state index in [1.54, 1.807) is 4.90 Å². The van der Waals surface area contributed by atoms with E-state index in [-0.39, 0.29) is 17.5 Å². The van der Waals surface area contributed by atoms with Crippen molar-refractivity contribution in [3.8, 4) is 0 Å². The molecule has 3 aromatic rings. The number of benzene rings is 1. The summed E-state index contributed by atoms with van der Waals surface area (Å²) >= 11 is 0. The van der Waals surface area contributed by atoms with Crippen molar-refractivity contribution in [1.82, 2.24) is 19.7 Å². The van der Waals surface area contributed by atoms with Crippen LogP contribution in [0.15, 0.2) is 40.9 Å². The lowest BCUT2D eigenvalue weighted by atomic mass is 9.98.